The first-order chi connectivity index (χ1) is 17.0. The van der Waals surface area contributed by atoms with Crippen LogP contribution in [-0.2, 0) is 16.0 Å². The first-order valence-electron chi connectivity index (χ1n) is 11.8. The van der Waals surface area contributed by atoms with Crippen LogP contribution in [0.25, 0.3) is 0 Å². The number of halogens is 2. The molecule has 2 aliphatic rings. The van der Waals surface area contributed by atoms with Crippen LogP contribution in [0.5, 0.6) is 0 Å². The Balaban J connectivity index is 1.44. The number of ether oxygens (including phenoxy) is 1. The monoisotopic (exact) mass is 528 g/mol. The summed E-state index contributed by atoms with van der Waals surface area (Å²) in [7, 11) is 0. The molecule has 2 aliphatic heterocycles. The molecule has 1 aromatic heterocycles. The van der Waals surface area contributed by atoms with Gasteiger partial charge in [-0.2, -0.15) is 0 Å². The minimum atomic E-state index is -0.321. The van der Waals surface area contributed by atoms with E-state index in [1.54, 1.807) is 40.5 Å². The summed E-state index contributed by atoms with van der Waals surface area (Å²) in [5.41, 5.74) is 2.48. The quantitative estimate of drug-likeness (QED) is 0.403. The molecule has 3 aromatic rings. The summed E-state index contributed by atoms with van der Waals surface area (Å²) in [6.07, 6.45) is 2.58. The van der Waals surface area contributed by atoms with Crippen molar-refractivity contribution < 1.29 is 14.3 Å². The third-order valence-corrected chi connectivity index (χ3v) is 8.18. The zero-order valence-electron chi connectivity index (χ0n) is 19.2. The zero-order valence-corrected chi connectivity index (χ0v) is 21.5. The van der Waals surface area contributed by atoms with E-state index >= 15 is 0 Å². The number of carbonyl (C=O) groups is 2. The molecule has 0 spiro atoms. The van der Waals surface area contributed by atoms with Gasteiger partial charge in [0, 0.05) is 40.2 Å². The first kappa shape index (κ1) is 24.3. The van der Waals surface area contributed by atoms with Crippen LogP contribution in [0.15, 0.2) is 60.0 Å². The molecule has 182 valence electrons. The standard InChI is InChI=1S/C27H26Cl2N2O3S/c28-19-8-9-21(23(29)15-19)26-22-11-14-35-24(22)10-12-31(26)25(32)17-30(16-20-7-4-13-34-20)27(33)18-5-2-1-3-6-18/h1-3,5-6,8-9,11,14-15,20,26H,4,7,10,12-13,16-17H2. The molecule has 2 amide bonds. The van der Waals surface area contributed by atoms with E-state index in [0.717, 1.165) is 30.4 Å². The number of carbonyl (C=O) groups excluding carboxylic acids is 2. The number of amides is 2. The van der Waals surface area contributed by atoms with Crippen LogP contribution in [0.1, 0.15) is 45.2 Å². The molecular weight excluding hydrogens is 503 g/mol. The average Bonchev–Trinajstić information content (AvgIpc) is 3.55. The van der Waals surface area contributed by atoms with E-state index in [1.165, 1.54) is 4.88 Å². The molecule has 0 N–H and O–H groups in total. The predicted octanol–water partition coefficient (Wildman–Crippen LogP) is 5.85. The third kappa shape index (κ3) is 5.26. The molecule has 3 heterocycles. The number of fused-ring (bicyclic) bond motifs is 1. The van der Waals surface area contributed by atoms with Crippen molar-refractivity contribution in [3.8, 4) is 0 Å². The van der Waals surface area contributed by atoms with Crippen molar-refractivity contribution in [3.05, 3.63) is 91.6 Å². The molecule has 1 saturated heterocycles. The highest BCUT2D eigenvalue weighted by Gasteiger charge is 2.35. The summed E-state index contributed by atoms with van der Waals surface area (Å²) in [5.74, 6) is -0.274. The highest BCUT2D eigenvalue weighted by Crippen LogP contribution is 2.41. The second-order valence-corrected chi connectivity index (χ2v) is 10.7. The van der Waals surface area contributed by atoms with Gasteiger partial charge in [0.25, 0.3) is 5.91 Å². The van der Waals surface area contributed by atoms with Crippen LogP contribution in [0, 0.1) is 0 Å². The van der Waals surface area contributed by atoms with E-state index < -0.39 is 0 Å². The SMILES string of the molecule is O=C(c1ccccc1)N(CC(=O)N1CCc2sccc2C1c1ccc(Cl)cc1Cl)CC1CCCO1. The van der Waals surface area contributed by atoms with Gasteiger partial charge in [-0.1, -0.05) is 47.5 Å². The average molecular weight is 529 g/mol. The fraction of sp³-hybridized carbons (Fsp3) is 0.333. The van der Waals surface area contributed by atoms with Crippen LogP contribution in [0.3, 0.4) is 0 Å². The van der Waals surface area contributed by atoms with E-state index in [4.69, 9.17) is 27.9 Å². The molecule has 2 atom stereocenters. The minimum Gasteiger partial charge on any atom is -0.376 e. The molecule has 35 heavy (non-hydrogen) atoms. The highest BCUT2D eigenvalue weighted by atomic mass is 35.5. The van der Waals surface area contributed by atoms with Gasteiger partial charge < -0.3 is 14.5 Å². The lowest BCUT2D eigenvalue weighted by Gasteiger charge is -2.38. The molecule has 2 unspecified atom stereocenters. The molecule has 5 nitrogen and oxygen atoms in total. The number of thiophene rings is 1. The molecule has 0 saturated carbocycles. The smallest absolute Gasteiger partial charge is 0.254 e. The third-order valence-electron chi connectivity index (χ3n) is 6.63. The first-order valence-corrected chi connectivity index (χ1v) is 13.4. The van der Waals surface area contributed by atoms with E-state index in [2.05, 4.69) is 11.4 Å². The number of hydrogen-bond acceptors (Lipinski definition) is 4. The lowest BCUT2D eigenvalue weighted by atomic mass is 9.93. The normalized spacial score (nSPS) is 19.4. The summed E-state index contributed by atoms with van der Waals surface area (Å²) in [5, 5.41) is 3.13. The van der Waals surface area contributed by atoms with Crippen LogP contribution in [0.4, 0.5) is 0 Å². The number of benzene rings is 2. The molecule has 0 aliphatic carbocycles. The van der Waals surface area contributed by atoms with Gasteiger partial charge in [-0.3, -0.25) is 9.59 Å². The second-order valence-electron chi connectivity index (χ2n) is 8.89. The van der Waals surface area contributed by atoms with Gasteiger partial charge in [-0.15, -0.1) is 11.3 Å². The summed E-state index contributed by atoms with van der Waals surface area (Å²) in [4.78, 5) is 32.0. The maximum Gasteiger partial charge on any atom is 0.254 e. The van der Waals surface area contributed by atoms with Crippen molar-refractivity contribution in [1.82, 2.24) is 9.80 Å². The highest BCUT2D eigenvalue weighted by molar-refractivity contribution is 7.10. The summed E-state index contributed by atoms with van der Waals surface area (Å²) in [6, 6.07) is 16.3. The Kier molecular flexibility index (Phi) is 7.44. The van der Waals surface area contributed by atoms with Crippen LogP contribution < -0.4 is 0 Å². The van der Waals surface area contributed by atoms with Crippen molar-refractivity contribution in [3.63, 3.8) is 0 Å². The minimum absolute atomic E-state index is 0.0191. The fourth-order valence-electron chi connectivity index (χ4n) is 4.91. The second kappa shape index (κ2) is 10.7. The van der Waals surface area contributed by atoms with Crippen molar-refractivity contribution in [2.45, 2.75) is 31.4 Å². The van der Waals surface area contributed by atoms with E-state index in [0.29, 0.717) is 35.3 Å². The summed E-state index contributed by atoms with van der Waals surface area (Å²) < 4.78 is 5.80. The van der Waals surface area contributed by atoms with Gasteiger partial charge in [-0.25, -0.2) is 0 Å². The maximum absolute atomic E-state index is 13.8. The number of rotatable bonds is 6. The molecule has 2 aromatic carbocycles. The molecule has 0 bridgehead atoms. The van der Waals surface area contributed by atoms with Gasteiger partial charge in [0.05, 0.1) is 12.1 Å². The van der Waals surface area contributed by atoms with Gasteiger partial charge in [0.15, 0.2) is 0 Å². The number of hydrogen-bond donors (Lipinski definition) is 0. The van der Waals surface area contributed by atoms with Gasteiger partial charge in [0.2, 0.25) is 5.91 Å². The van der Waals surface area contributed by atoms with Gasteiger partial charge in [0.1, 0.15) is 6.54 Å². The van der Waals surface area contributed by atoms with Gasteiger partial charge in [-0.05, 0) is 66.1 Å². The van der Waals surface area contributed by atoms with Crippen molar-refractivity contribution in [2.75, 3.05) is 26.2 Å². The maximum atomic E-state index is 13.8. The summed E-state index contributed by atoms with van der Waals surface area (Å²) >= 11 is 14.5. The Morgan fingerprint density at radius 1 is 1.09 bits per heavy atom. The summed E-state index contributed by atoms with van der Waals surface area (Å²) in [6.45, 7) is 1.62. The van der Waals surface area contributed by atoms with Crippen molar-refractivity contribution in [2.24, 2.45) is 0 Å². The molecule has 1 fully saturated rings. The van der Waals surface area contributed by atoms with Crippen LogP contribution >= 0.6 is 34.5 Å². The lowest BCUT2D eigenvalue weighted by Crippen LogP contribution is -2.48. The van der Waals surface area contributed by atoms with Crippen LogP contribution in [-0.4, -0.2) is 54.0 Å². The Bertz CT molecular complexity index is 1210. The van der Waals surface area contributed by atoms with E-state index in [9.17, 15) is 9.59 Å². The Hall–Kier alpha value is -2.38. The van der Waals surface area contributed by atoms with Crippen LogP contribution in [0.2, 0.25) is 10.0 Å². The fourth-order valence-corrected chi connectivity index (χ4v) is 6.33. The van der Waals surface area contributed by atoms with E-state index in [-0.39, 0.29) is 30.5 Å². The number of nitrogens with zero attached hydrogens (tertiary/aromatic N) is 2. The predicted molar refractivity (Wildman–Crippen MR) is 139 cm³/mol. The van der Waals surface area contributed by atoms with Crippen molar-refractivity contribution >= 4 is 46.4 Å². The molecular formula is C27H26Cl2N2O3S. The largest absolute Gasteiger partial charge is 0.376 e. The van der Waals surface area contributed by atoms with Gasteiger partial charge >= 0.3 is 0 Å². The Morgan fingerprint density at radius 2 is 1.91 bits per heavy atom. The topological polar surface area (TPSA) is 49.9 Å². The Morgan fingerprint density at radius 3 is 2.66 bits per heavy atom. The molecule has 0 radical (unpaired) electrons. The lowest BCUT2D eigenvalue weighted by molar-refractivity contribution is -0.134. The van der Waals surface area contributed by atoms with Crippen molar-refractivity contribution in [1.29, 1.82) is 0 Å². The molecule has 8 heteroatoms. The Labute approximate surface area is 219 Å². The van der Waals surface area contributed by atoms with E-state index in [1.807, 2.05) is 29.2 Å². The molecule has 5 rings (SSSR count). The zero-order chi connectivity index (χ0) is 24.4.